The van der Waals surface area contributed by atoms with Gasteiger partial charge in [0.05, 0.1) is 0 Å². The fourth-order valence-corrected chi connectivity index (χ4v) is 3.10. The largest absolute Gasteiger partial charge is 0.343 e. The van der Waals surface area contributed by atoms with E-state index in [1.807, 2.05) is 6.07 Å². The minimum absolute atomic E-state index is 0.0985. The second-order valence-electron chi connectivity index (χ2n) is 5.98. The summed E-state index contributed by atoms with van der Waals surface area (Å²) in [6, 6.07) is 10.7. The monoisotopic (exact) mass is 298 g/mol. The molecule has 0 bridgehead atoms. The first-order chi connectivity index (χ1) is 10.7. The van der Waals surface area contributed by atoms with Crippen LogP contribution in [0.15, 0.2) is 47.0 Å². The fourth-order valence-electron chi connectivity index (χ4n) is 3.10. The van der Waals surface area contributed by atoms with Crippen molar-refractivity contribution in [3.8, 4) is 0 Å². The lowest BCUT2D eigenvalue weighted by atomic mass is 10.0. The summed E-state index contributed by atoms with van der Waals surface area (Å²) in [5.41, 5.74) is 2.52. The number of aromatic amines is 1. The fraction of sp³-hybridized carbons (Fsp3) is 0.412. The number of nitrogens with one attached hydrogen (secondary N) is 1. The predicted molar refractivity (Wildman–Crippen MR) is 87.7 cm³/mol. The van der Waals surface area contributed by atoms with E-state index >= 15 is 0 Å². The van der Waals surface area contributed by atoms with E-state index in [4.69, 9.17) is 0 Å². The van der Waals surface area contributed by atoms with Gasteiger partial charge in [0.25, 0.3) is 0 Å². The van der Waals surface area contributed by atoms with Crippen molar-refractivity contribution >= 4 is 6.08 Å². The Hall–Kier alpha value is -2.14. The van der Waals surface area contributed by atoms with Gasteiger partial charge in [0.1, 0.15) is 6.33 Å². The molecule has 22 heavy (non-hydrogen) atoms. The molecule has 1 aliphatic heterocycles. The van der Waals surface area contributed by atoms with Crippen LogP contribution in [-0.4, -0.2) is 39.3 Å². The third-order valence-corrected chi connectivity index (χ3v) is 4.21. The van der Waals surface area contributed by atoms with Crippen molar-refractivity contribution in [3.05, 3.63) is 58.3 Å². The van der Waals surface area contributed by atoms with Gasteiger partial charge in [-0.15, -0.1) is 0 Å². The molecule has 2 heterocycles. The van der Waals surface area contributed by atoms with Gasteiger partial charge in [-0.2, -0.15) is 5.10 Å². The molecule has 1 saturated heterocycles. The summed E-state index contributed by atoms with van der Waals surface area (Å²) in [5.74, 6) is 0. The van der Waals surface area contributed by atoms with E-state index in [2.05, 4.69) is 52.4 Å². The first-order valence-electron chi connectivity index (χ1n) is 7.78. The lowest BCUT2D eigenvalue weighted by Crippen LogP contribution is -2.37. The molecular formula is C17H22N4O. The number of likely N-dealkylation sites (tertiary alicyclic amines) is 1. The van der Waals surface area contributed by atoms with Crippen molar-refractivity contribution in [3.63, 3.8) is 0 Å². The summed E-state index contributed by atoms with van der Waals surface area (Å²) in [6.45, 7) is 5.20. The van der Waals surface area contributed by atoms with E-state index < -0.39 is 0 Å². The summed E-state index contributed by atoms with van der Waals surface area (Å²) in [7, 11) is 0. The number of piperidine rings is 1. The molecule has 1 N–H and O–H groups in total. The highest BCUT2D eigenvalue weighted by molar-refractivity contribution is 5.52. The maximum Gasteiger partial charge on any atom is 0.343 e. The van der Waals surface area contributed by atoms with Gasteiger partial charge in [-0.3, -0.25) is 9.47 Å². The Kier molecular flexibility index (Phi) is 4.53. The van der Waals surface area contributed by atoms with Crippen LogP contribution in [0.3, 0.4) is 0 Å². The topological polar surface area (TPSA) is 53.9 Å². The standard InChI is InChI=1S/C17H22N4O/c1-14(11-15-5-3-2-4-6-15)12-20-9-7-16(8-10-20)21-13-18-19-17(21)22/h2-6,11,13,16H,7-10,12H2,1H3,(H,19,22). The Morgan fingerprint density at radius 3 is 2.68 bits per heavy atom. The molecule has 1 aliphatic rings. The number of nitrogens with zero attached hydrogens (tertiary/aromatic N) is 3. The SMILES string of the molecule is CC(=Cc1ccccc1)CN1CCC(n2cn[nH]c2=O)CC1. The van der Waals surface area contributed by atoms with Crippen LogP contribution in [0.5, 0.6) is 0 Å². The summed E-state index contributed by atoms with van der Waals surface area (Å²) < 4.78 is 1.73. The Bertz CT molecular complexity index is 678. The summed E-state index contributed by atoms with van der Waals surface area (Å²) in [4.78, 5) is 14.1. The van der Waals surface area contributed by atoms with Gasteiger partial charge in [0.2, 0.25) is 0 Å². The summed E-state index contributed by atoms with van der Waals surface area (Å²) >= 11 is 0. The zero-order chi connectivity index (χ0) is 15.4. The Labute approximate surface area is 130 Å². The highest BCUT2D eigenvalue weighted by atomic mass is 16.1. The minimum atomic E-state index is -0.0985. The zero-order valence-electron chi connectivity index (χ0n) is 12.9. The smallest absolute Gasteiger partial charge is 0.299 e. The van der Waals surface area contributed by atoms with E-state index in [-0.39, 0.29) is 11.7 Å². The molecule has 3 rings (SSSR count). The molecule has 116 valence electrons. The second kappa shape index (κ2) is 6.75. The summed E-state index contributed by atoms with van der Waals surface area (Å²) in [6.07, 6.45) is 5.85. The third-order valence-electron chi connectivity index (χ3n) is 4.21. The van der Waals surface area contributed by atoms with Crippen molar-refractivity contribution in [1.29, 1.82) is 0 Å². The van der Waals surface area contributed by atoms with Crippen molar-refractivity contribution in [2.75, 3.05) is 19.6 Å². The molecular weight excluding hydrogens is 276 g/mol. The van der Waals surface area contributed by atoms with Crippen LogP contribution < -0.4 is 5.69 Å². The van der Waals surface area contributed by atoms with E-state index in [0.717, 1.165) is 32.5 Å². The van der Waals surface area contributed by atoms with Crippen molar-refractivity contribution < 1.29 is 0 Å². The molecule has 1 aromatic carbocycles. The van der Waals surface area contributed by atoms with Gasteiger partial charge in [-0.1, -0.05) is 42.0 Å². The van der Waals surface area contributed by atoms with Crippen molar-refractivity contribution in [2.45, 2.75) is 25.8 Å². The van der Waals surface area contributed by atoms with E-state index in [1.54, 1.807) is 10.9 Å². The molecule has 0 atom stereocenters. The average molecular weight is 298 g/mol. The maximum atomic E-state index is 11.6. The lowest BCUT2D eigenvalue weighted by molar-refractivity contribution is 0.197. The number of H-pyrrole nitrogens is 1. The van der Waals surface area contributed by atoms with Gasteiger partial charge in [0, 0.05) is 25.7 Å². The van der Waals surface area contributed by atoms with Crippen LogP contribution in [0.4, 0.5) is 0 Å². The van der Waals surface area contributed by atoms with Crippen molar-refractivity contribution in [2.24, 2.45) is 0 Å². The average Bonchev–Trinajstić information content (AvgIpc) is 2.95. The number of rotatable bonds is 4. The summed E-state index contributed by atoms with van der Waals surface area (Å²) in [5, 5.41) is 6.29. The van der Waals surface area contributed by atoms with Gasteiger partial charge in [-0.05, 0) is 25.3 Å². The number of benzene rings is 1. The molecule has 0 radical (unpaired) electrons. The number of hydrogen-bond acceptors (Lipinski definition) is 3. The van der Waals surface area contributed by atoms with Gasteiger partial charge in [0.15, 0.2) is 0 Å². The quantitative estimate of drug-likeness (QED) is 0.942. The molecule has 1 aromatic heterocycles. The number of hydrogen-bond donors (Lipinski definition) is 1. The maximum absolute atomic E-state index is 11.6. The van der Waals surface area contributed by atoms with Gasteiger partial charge >= 0.3 is 5.69 Å². The van der Waals surface area contributed by atoms with Crippen LogP contribution >= 0.6 is 0 Å². The first kappa shape index (κ1) is 14.8. The van der Waals surface area contributed by atoms with Gasteiger partial charge in [-0.25, -0.2) is 9.89 Å². The molecule has 0 saturated carbocycles. The van der Waals surface area contributed by atoms with Gasteiger partial charge < -0.3 is 0 Å². The molecule has 2 aromatic rings. The number of aromatic nitrogens is 3. The molecule has 5 heteroatoms. The predicted octanol–water partition coefficient (Wildman–Crippen LogP) is 2.31. The van der Waals surface area contributed by atoms with Crippen LogP contribution in [0.2, 0.25) is 0 Å². The zero-order valence-corrected chi connectivity index (χ0v) is 12.9. The Morgan fingerprint density at radius 2 is 2.05 bits per heavy atom. The Balaban J connectivity index is 1.55. The molecule has 1 fully saturated rings. The molecule has 0 aliphatic carbocycles. The minimum Gasteiger partial charge on any atom is -0.299 e. The molecule has 0 unspecified atom stereocenters. The Morgan fingerprint density at radius 1 is 1.32 bits per heavy atom. The molecule has 0 spiro atoms. The lowest BCUT2D eigenvalue weighted by Gasteiger charge is -2.32. The van der Waals surface area contributed by atoms with Crippen LogP contribution in [0.1, 0.15) is 31.4 Å². The highest BCUT2D eigenvalue weighted by Gasteiger charge is 2.21. The van der Waals surface area contributed by atoms with E-state index in [0.29, 0.717) is 0 Å². The van der Waals surface area contributed by atoms with Crippen molar-refractivity contribution in [1.82, 2.24) is 19.7 Å². The van der Waals surface area contributed by atoms with E-state index in [1.165, 1.54) is 11.1 Å². The van der Waals surface area contributed by atoms with E-state index in [9.17, 15) is 4.79 Å². The normalized spacial score (nSPS) is 17.8. The third kappa shape index (κ3) is 3.54. The molecule has 0 amide bonds. The van der Waals surface area contributed by atoms with Crippen LogP contribution in [-0.2, 0) is 0 Å². The second-order valence-corrected chi connectivity index (χ2v) is 5.98. The molecule has 5 nitrogen and oxygen atoms in total. The van der Waals surface area contributed by atoms with Crippen LogP contribution in [0, 0.1) is 0 Å². The first-order valence-corrected chi connectivity index (χ1v) is 7.78. The van der Waals surface area contributed by atoms with Crippen LogP contribution in [0.25, 0.3) is 6.08 Å². The highest BCUT2D eigenvalue weighted by Crippen LogP contribution is 2.21.